The summed E-state index contributed by atoms with van der Waals surface area (Å²) < 4.78 is 8.84. The van der Waals surface area contributed by atoms with E-state index in [-0.39, 0.29) is 35.5 Å². The maximum Gasteiger partial charge on any atom is 1.00 e. The normalized spacial score (nSPS) is 8.14. The van der Waals surface area contributed by atoms with Crippen molar-refractivity contribution in [1.82, 2.24) is 0 Å². The first kappa shape index (κ1) is 16.0. The number of rotatable bonds is 5. The van der Waals surface area contributed by atoms with Crippen LogP contribution in [0.2, 0.25) is 0 Å². The first-order valence-electron chi connectivity index (χ1n) is 3.80. The van der Waals surface area contributed by atoms with Crippen LogP contribution >= 0.6 is 0 Å². The second kappa shape index (κ2) is 9.12. The molecular formula is C9H13NaO4. The maximum atomic E-state index is 11.0. The van der Waals surface area contributed by atoms with Gasteiger partial charge in [-0.2, -0.15) is 5.92 Å². The van der Waals surface area contributed by atoms with E-state index < -0.39 is 11.9 Å². The zero-order valence-corrected chi connectivity index (χ0v) is 10.8. The zero-order valence-electron chi connectivity index (χ0n) is 8.83. The molecule has 0 spiro atoms. The molecule has 0 amide bonds. The van der Waals surface area contributed by atoms with Gasteiger partial charge in [0.25, 0.3) is 0 Å². The average Bonchev–Trinajstić information content (AvgIpc) is 2.17. The van der Waals surface area contributed by atoms with Gasteiger partial charge in [-0.15, -0.1) is 13.0 Å². The third-order valence-electron chi connectivity index (χ3n) is 1.46. The molecule has 0 radical (unpaired) electrons. The Balaban J connectivity index is 0. The largest absolute Gasteiger partial charge is 1.00 e. The molecule has 0 heterocycles. The number of esters is 2. The Labute approximate surface area is 106 Å². The van der Waals surface area contributed by atoms with Crippen LogP contribution in [0.15, 0.2) is 12.7 Å². The van der Waals surface area contributed by atoms with Gasteiger partial charge in [-0.3, -0.25) is 9.59 Å². The Morgan fingerprint density at radius 2 is 1.71 bits per heavy atom. The smallest absolute Gasteiger partial charge is 0.491 e. The van der Waals surface area contributed by atoms with E-state index >= 15 is 0 Å². The number of allylic oxidation sites excluding steroid dienone is 1. The number of carbonyl (C=O) groups is 2. The van der Waals surface area contributed by atoms with Crippen LogP contribution in [0, 0.1) is 5.92 Å². The van der Waals surface area contributed by atoms with E-state index in [1.54, 1.807) is 6.08 Å². The van der Waals surface area contributed by atoms with Gasteiger partial charge in [0.15, 0.2) is 11.9 Å². The molecule has 14 heavy (non-hydrogen) atoms. The number of carbonyl (C=O) groups excluding carboxylic acids is 2. The minimum Gasteiger partial charge on any atom is -0.491 e. The SMILES string of the molecule is C=CCC[C-](C(=O)OC)C(=O)OC.[Na+]. The van der Waals surface area contributed by atoms with Crippen molar-refractivity contribution in [3.8, 4) is 0 Å². The Morgan fingerprint density at radius 1 is 1.29 bits per heavy atom. The molecule has 0 saturated carbocycles. The fraction of sp³-hybridized carbons (Fsp3) is 0.444. The van der Waals surface area contributed by atoms with Crippen molar-refractivity contribution in [2.24, 2.45) is 0 Å². The van der Waals surface area contributed by atoms with Crippen LogP contribution in [0.5, 0.6) is 0 Å². The molecule has 5 heteroatoms. The van der Waals surface area contributed by atoms with Crippen LogP contribution in [-0.2, 0) is 19.1 Å². The Bertz CT molecular complexity index is 187. The minimum atomic E-state index is -0.645. The summed E-state index contributed by atoms with van der Waals surface area (Å²) in [5, 5.41) is 0. The Hall–Kier alpha value is -0.450. The van der Waals surface area contributed by atoms with Gasteiger partial charge in [0, 0.05) is 0 Å². The van der Waals surface area contributed by atoms with Gasteiger partial charge in [0.05, 0.1) is 14.2 Å². The number of hydrogen-bond acceptors (Lipinski definition) is 4. The van der Waals surface area contributed by atoms with E-state index in [1.165, 1.54) is 14.2 Å². The fourth-order valence-electron chi connectivity index (χ4n) is 0.780. The van der Waals surface area contributed by atoms with Gasteiger partial charge in [-0.05, 0) is 0 Å². The van der Waals surface area contributed by atoms with Crippen molar-refractivity contribution >= 4 is 11.9 Å². The van der Waals surface area contributed by atoms with Crippen LogP contribution in [0.3, 0.4) is 0 Å². The van der Waals surface area contributed by atoms with Crippen LogP contribution < -0.4 is 29.6 Å². The van der Waals surface area contributed by atoms with E-state index in [9.17, 15) is 9.59 Å². The molecule has 0 aliphatic heterocycles. The topological polar surface area (TPSA) is 52.6 Å². The molecule has 0 N–H and O–H groups in total. The van der Waals surface area contributed by atoms with E-state index in [4.69, 9.17) is 0 Å². The van der Waals surface area contributed by atoms with Crippen molar-refractivity contribution in [2.45, 2.75) is 12.8 Å². The summed E-state index contributed by atoms with van der Waals surface area (Å²) in [5.74, 6) is -1.27. The average molecular weight is 208 g/mol. The molecule has 0 aromatic carbocycles. The minimum absolute atomic E-state index is 0. The summed E-state index contributed by atoms with van der Waals surface area (Å²) in [6.45, 7) is 3.49. The summed E-state index contributed by atoms with van der Waals surface area (Å²) in [6, 6.07) is 0. The molecule has 0 fully saturated rings. The molecule has 4 nitrogen and oxygen atoms in total. The van der Waals surface area contributed by atoms with E-state index in [0.717, 1.165) is 0 Å². The van der Waals surface area contributed by atoms with Crippen LogP contribution in [0.4, 0.5) is 0 Å². The number of hydrogen-bond donors (Lipinski definition) is 0. The molecule has 0 unspecified atom stereocenters. The van der Waals surface area contributed by atoms with Crippen molar-refractivity contribution < 1.29 is 48.6 Å². The van der Waals surface area contributed by atoms with Gasteiger partial charge in [0.2, 0.25) is 0 Å². The number of methoxy groups -OCH3 is 2. The Kier molecular flexibility index (Phi) is 10.4. The quantitative estimate of drug-likeness (QED) is 0.170. The first-order valence-corrected chi connectivity index (χ1v) is 3.80. The molecule has 0 saturated heterocycles. The molecule has 0 atom stereocenters. The molecule has 0 aromatic rings. The molecule has 0 bridgehead atoms. The monoisotopic (exact) mass is 208 g/mol. The Morgan fingerprint density at radius 3 is 2.00 bits per heavy atom. The van der Waals surface area contributed by atoms with Crippen LogP contribution in [0.1, 0.15) is 12.8 Å². The van der Waals surface area contributed by atoms with Gasteiger partial charge in [-0.25, -0.2) is 0 Å². The maximum absolute atomic E-state index is 11.0. The predicted molar refractivity (Wildman–Crippen MR) is 46.7 cm³/mol. The summed E-state index contributed by atoms with van der Waals surface area (Å²) in [4.78, 5) is 22.0. The summed E-state index contributed by atoms with van der Waals surface area (Å²) >= 11 is 0. The molecular weight excluding hydrogens is 195 g/mol. The van der Waals surface area contributed by atoms with Crippen LogP contribution in [0.25, 0.3) is 0 Å². The summed E-state index contributed by atoms with van der Waals surface area (Å²) in [5.41, 5.74) is 0. The van der Waals surface area contributed by atoms with Crippen molar-refractivity contribution in [1.29, 1.82) is 0 Å². The fourth-order valence-corrected chi connectivity index (χ4v) is 0.780. The predicted octanol–water partition coefficient (Wildman–Crippen LogP) is -2.12. The van der Waals surface area contributed by atoms with Gasteiger partial charge < -0.3 is 9.47 Å². The van der Waals surface area contributed by atoms with E-state index in [1.807, 2.05) is 0 Å². The van der Waals surface area contributed by atoms with Gasteiger partial charge >= 0.3 is 29.6 Å². The van der Waals surface area contributed by atoms with Crippen molar-refractivity contribution in [3.05, 3.63) is 18.6 Å². The summed E-state index contributed by atoms with van der Waals surface area (Å²) in [6.07, 6.45) is 2.45. The van der Waals surface area contributed by atoms with Gasteiger partial charge in [0.1, 0.15) is 0 Å². The molecule has 0 aromatic heterocycles. The van der Waals surface area contributed by atoms with Crippen molar-refractivity contribution in [3.63, 3.8) is 0 Å². The second-order valence-electron chi connectivity index (χ2n) is 2.29. The first-order chi connectivity index (χ1) is 6.17. The molecule has 74 valence electrons. The standard InChI is InChI=1S/C9H13O4.Na/c1-4-5-6-7(8(10)12-2)9(11)13-3;/h4H,1,5-6H2,2-3H3;/q-1;+1. The summed E-state index contributed by atoms with van der Waals surface area (Å²) in [7, 11) is 2.44. The zero-order chi connectivity index (χ0) is 10.3. The third-order valence-corrected chi connectivity index (χ3v) is 1.46. The molecule has 0 rings (SSSR count). The van der Waals surface area contributed by atoms with E-state index in [0.29, 0.717) is 12.8 Å². The molecule has 0 aliphatic carbocycles. The second-order valence-corrected chi connectivity index (χ2v) is 2.29. The van der Waals surface area contributed by atoms with Crippen LogP contribution in [-0.4, -0.2) is 26.2 Å². The molecule has 0 aliphatic rings. The van der Waals surface area contributed by atoms with Crippen molar-refractivity contribution in [2.75, 3.05) is 14.2 Å². The van der Waals surface area contributed by atoms with Gasteiger partial charge in [-0.1, -0.05) is 12.5 Å². The third kappa shape index (κ3) is 5.32. The number of ether oxygens (including phenoxy) is 2. The van der Waals surface area contributed by atoms with E-state index in [2.05, 4.69) is 16.1 Å².